The summed E-state index contributed by atoms with van der Waals surface area (Å²) in [5.74, 6) is 3.14. The Morgan fingerprint density at radius 1 is 1.18 bits per heavy atom. The molecular formula is C20H20N4O2S2. The van der Waals surface area contributed by atoms with Crippen molar-refractivity contribution in [3.8, 4) is 27.8 Å². The molecule has 0 N–H and O–H groups in total. The fourth-order valence-electron chi connectivity index (χ4n) is 2.83. The zero-order valence-electron chi connectivity index (χ0n) is 15.8. The molecule has 1 aromatic carbocycles. The Bertz CT molecular complexity index is 1040. The highest BCUT2D eigenvalue weighted by molar-refractivity contribution is 7.98. The lowest BCUT2D eigenvalue weighted by Crippen LogP contribution is -2.05. The van der Waals surface area contributed by atoms with Gasteiger partial charge in [-0.3, -0.25) is 4.57 Å². The monoisotopic (exact) mass is 412 g/mol. The molecule has 4 rings (SSSR count). The van der Waals surface area contributed by atoms with Crippen molar-refractivity contribution in [1.29, 1.82) is 0 Å². The minimum atomic E-state index is 0.230. The number of aromatic nitrogens is 4. The van der Waals surface area contributed by atoms with Crippen molar-refractivity contribution < 1.29 is 9.26 Å². The second kappa shape index (κ2) is 8.20. The summed E-state index contributed by atoms with van der Waals surface area (Å²) in [5.41, 5.74) is 1.90. The van der Waals surface area contributed by atoms with Crippen molar-refractivity contribution in [2.45, 2.75) is 30.8 Å². The second-order valence-corrected chi connectivity index (χ2v) is 8.34. The van der Waals surface area contributed by atoms with Crippen LogP contribution < -0.4 is 4.74 Å². The minimum absolute atomic E-state index is 0.230. The summed E-state index contributed by atoms with van der Waals surface area (Å²) in [4.78, 5) is 1.08. The number of rotatable bonds is 7. The van der Waals surface area contributed by atoms with Crippen LogP contribution in [0.2, 0.25) is 0 Å². The molecular weight excluding hydrogens is 392 g/mol. The van der Waals surface area contributed by atoms with Crippen LogP contribution >= 0.6 is 23.1 Å². The van der Waals surface area contributed by atoms with Gasteiger partial charge in [-0.25, -0.2) is 0 Å². The number of benzene rings is 1. The molecule has 3 heterocycles. The normalized spacial score (nSPS) is 11.3. The standard InChI is InChI=1S/C20H20N4O2S2/c1-13(2)24-19(14-6-8-16(25-3)9-7-14)21-22-20(24)28-12-15-11-17(26-23-15)18-5-4-10-27-18/h4-11,13H,12H2,1-3H3. The minimum Gasteiger partial charge on any atom is -0.497 e. The fraction of sp³-hybridized carbons (Fsp3) is 0.250. The van der Waals surface area contributed by atoms with Crippen molar-refractivity contribution in [1.82, 2.24) is 19.9 Å². The predicted octanol–water partition coefficient (Wildman–Crippen LogP) is 5.54. The van der Waals surface area contributed by atoms with E-state index in [9.17, 15) is 0 Å². The zero-order chi connectivity index (χ0) is 19.5. The first-order valence-corrected chi connectivity index (χ1v) is 10.7. The van der Waals surface area contributed by atoms with Crippen LogP contribution in [-0.4, -0.2) is 27.0 Å². The number of thioether (sulfide) groups is 1. The van der Waals surface area contributed by atoms with Gasteiger partial charge in [0.15, 0.2) is 16.7 Å². The Labute approximate surface area is 171 Å². The van der Waals surface area contributed by atoms with Crippen molar-refractivity contribution >= 4 is 23.1 Å². The van der Waals surface area contributed by atoms with Crippen molar-refractivity contribution in [3.05, 3.63) is 53.5 Å². The second-order valence-electron chi connectivity index (χ2n) is 6.45. The molecule has 0 unspecified atom stereocenters. The third-order valence-corrected chi connectivity index (χ3v) is 6.06. The quantitative estimate of drug-likeness (QED) is 0.371. The van der Waals surface area contributed by atoms with E-state index >= 15 is 0 Å². The first-order chi connectivity index (χ1) is 13.7. The van der Waals surface area contributed by atoms with Crippen molar-refractivity contribution in [2.75, 3.05) is 7.11 Å². The molecule has 0 radical (unpaired) electrons. The fourth-order valence-corrected chi connectivity index (χ4v) is 4.45. The number of hydrogen-bond acceptors (Lipinski definition) is 7. The van der Waals surface area contributed by atoms with Crippen LogP contribution in [0, 0.1) is 0 Å². The summed E-state index contributed by atoms with van der Waals surface area (Å²) in [7, 11) is 1.66. The molecule has 0 fully saturated rings. The highest BCUT2D eigenvalue weighted by atomic mass is 32.2. The first-order valence-electron chi connectivity index (χ1n) is 8.87. The molecule has 0 saturated heterocycles. The molecule has 0 saturated carbocycles. The molecule has 28 heavy (non-hydrogen) atoms. The maximum absolute atomic E-state index is 5.46. The molecule has 3 aromatic heterocycles. The van der Waals surface area contributed by atoms with Crippen LogP contribution in [0.25, 0.3) is 22.0 Å². The van der Waals surface area contributed by atoms with Gasteiger partial charge < -0.3 is 9.26 Å². The smallest absolute Gasteiger partial charge is 0.192 e. The number of methoxy groups -OCH3 is 1. The number of ether oxygens (including phenoxy) is 1. The highest BCUT2D eigenvalue weighted by Crippen LogP contribution is 2.31. The van der Waals surface area contributed by atoms with Gasteiger partial charge in [0.1, 0.15) is 5.75 Å². The third-order valence-electron chi connectivity index (χ3n) is 4.20. The molecule has 144 valence electrons. The van der Waals surface area contributed by atoms with E-state index in [1.165, 1.54) is 0 Å². The van der Waals surface area contributed by atoms with Gasteiger partial charge in [-0.15, -0.1) is 21.5 Å². The van der Waals surface area contributed by atoms with Crippen LogP contribution in [0.15, 0.2) is 57.5 Å². The maximum Gasteiger partial charge on any atom is 0.192 e. The molecule has 4 aromatic rings. The Morgan fingerprint density at radius 3 is 2.68 bits per heavy atom. The van der Waals surface area contributed by atoms with E-state index in [0.29, 0.717) is 5.75 Å². The SMILES string of the molecule is COc1ccc(-c2nnc(SCc3cc(-c4cccs4)on3)n2C(C)C)cc1. The summed E-state index contributed by atoms with van der Waals surface area (Å²) in [6.45, 7) is 4.26. The molecule has 0 amide bonds. The maximum atomic E-state index is 5.46. The molecule has 0 aliphatic rings. The lowest BCUT2D eigenvalue weighted by Gasteiger charge is -2.13. The molecule has 0 bridgehead atoms. The Balaban J connectivity index is 1.54. The molecule has 0 atom stereocenters. The van der Waals surface area contributed by atoms with Gasteiger partial charge in [0.25, 0.3) is 0 Å². The van der Waals surface area contributed by atoms with Crippen LogP contribution in [0.5, 0.6) is 5.75 Å². The van der Waals surface area contributed by atoms with Crippen LogP contribution in [0.1, 0.15) is 25.6 Å². The zero-order valence-corrected chi connectivity index (χ0v) is 17.5. The van der Waals surface area contributed by atoms with Gasteiger partial charge in [0, 0.05) is 23.4 Å². The lowest BCUT2D eigenvalue weighted by atomic mass is 10.2. The van der Waals surface area contributed by atoms with Gasteiger partial charge in [-0.1, -0.05) is 23.0 Å². The van der Waals surface area contributed by atoms with E-state index in [-0.39, 0.29) is 6.04 Å². The van der Waals surface area contributed by atoms with Gasteiger partial charge in [-0.05, 0) is 49.6 Å². The van der Waals surface area contributed by atoms with Gasteiger partial charge in [0.2, 0.25) is 0 Å². The molecule has 8 heteroatoms. The molecule has 0 spiro atoms. The largest absolute Gasteiger partial charge is 0.497 e. The summed E-state index contributed by atoms with van der Waals surface area (Å²) in [6, 6.07) is 14.1. The van der Waals surface area contributed by atoms with E-state index in [1.807, 2.05) is 47.8 Å². The van der Waals surface area contributed by atoms with Crippen LogP contribution in [0.4, 0.5) is 0 Å². The van der Waals surface area contributed by atoms with E-state index < -0.39 is 0 Å². The summed E-state index contributed by atoms with van der Waals surface area (Å²) >= 11 is 3.25. The van der Waals surface area contributed by atoms with Crippen molar-refractivity contribution in [2.24, 2.45) is 0 Å². The third kappa shape index (κ3) is 3.83. The Morgan fingerprint density at radius 2 is 2.00 bits per heavy atom. The van der Waals surface area contributed by atoms with Crippen LogP contribution in [-0.2, 0) is 5.75 Å². The number of nitrogens with zero attached hydrogens (tertiary/aromatic N) is 4. The summed E-state index contributed by atoms with van der Waals surface area (Å²) in [5, 5.41) is 15.9. The number of thiophene rings is 1. The van der Waals surface area contributed by atoms with E-state index in [1.54, 1.807) is 30.2 Å². The van der Waals surface area contributed by atoms with Crippen LogP contribution in [0.3, 0.4) is 0 Å². The average molecular weight is 413 g/mol. The highest BCUT2D eigenvalue weighted by Gasteiger charge is 2.18. The predicted molar refractivity (Wildman–Crippen MR) is 112 cm³/mol. The van der Waals surface area contributed by atoms with E-state index in [0.717, 1.165) is 38.6 Å². The molecule has 0 aliphatic carbocycles. The van der Waals surface area contributed by atoms with Gasteiger partial charge in [0.05, 0.1) is 17.7 Å². The average Bonchev–Trinajstić information content (AvgIpc) is 3.46. The first kappa shape index (κ1) is 18.8. The van der Waals surface area contributed by atoms with Gasteiger partial charge >= 0.3 is 0 Å². The summed E-state index contributed by atoms with van der Waals surface area (Å²) in [6.07, 6.45) is 0. The molecule has 6 nitrogen and oxygen atoms in total. The Kier molecular flexibility index (Phi) is 5.50. The van der Waals surface area contributed by atoms with Gasteiger partial charge in [-0.2, -0.15) is 0 Å². The molecule has 0 aliphatic heterocycles. The lowest BCUT2D eigenvalue weighted by molar-refractivity contribution is 0.415. The topological polar surface area (TPSA) is 66.0 Å². The van der Waals surface area contributed by atoms with Crippen molar-refractivity contribution in [3.63, 3.8) is 0 Å². The summed E-state index contributed by atoms with van der Waals surface area (Å²) < 4.78 is 12.9. The number of hydrogen-bond donors (Lipinski definition) is 0. The Hall–Kier alpha value is -2.58. The van der Waals surface area contributed by atoms with E-state index in [4.69, 9.17) is 9.26 Å². The van der Waals surface area contributed by atoms with E-state index in [2.05, 4.69) is 33.8 Å².